The third kappa shape index (κ3) is 4.09. The van der Waals surface area contributed by atoms with Gasteiger partial charge in [-0.25, -0.2) is 0 Å². The third-order valence-electron chi connectivity index (χ3n) is 6.53. The van der Waals surface area contributed by atoms with Crippen LogP contribution in [0.1, 0.15) is 56.4 Å². The second-order valence-electron chi connectivity index (χ2n) is 8.98. The van der Waals surface area contributed by atoms with E-state index in [1.54, 1.807) is 16.2 Å². The van der Waals surface area contributed by atoms with Crippen molar-refractivity contribution in [3.63, 3.8) is 0 Å². The van der Waals surface area contributed by atoms with Crippen molar-refractivity contribution in [2.75, 3.05) is 13.1 Å². The molecule has 4 nitrogen and oxygen atoms in total. The van der Waals surface area contributed by atoms with E-state index in [-0.39, 0.29) is 30.4 Å². The number of thiophene rings is 1. The second-order valence-corrected chi connectivity index (χ2v) is 9.98. The molecule has 1 atom stereocenters. The van der Waals surface area contributed by atoms with Gasteiger partial charge in [-0.3, -0.25) is 9.59 Å². The Morgan fingerprint density at radius 1 is 0.969 bits per heavy atom. The first-order valence-corrected chi connectivity index (χ1v) is 12.2. The minimum atomic E-state index is -0.0892. The van der Waals surface area contributed by atoms with E-state index in [0.717, 1.165) is 30.4 Å². The highest BCUT2D eigenvalue weighted by molar-refractivity contribution is 7.10. The summed E-state index contributed by atoms with van der Waals surface area (Å²) in [5, 5.41) is 2.12. The summed E-state index contributed by atoms with van der Waals surface area (Å²) >= 11 is 1.77. The number of amides is 2. The zero-order valence-electron chi connectivity index (χ0n) is 18.6. The standard InChI is InChI=1S/C27H28N2O2S/c1-18-3-7-20(8-4-18)26-23-14-16-32-24(23)13-15-28(26)25(30)17-29(22-11-12-22)27(31)21-9-5-19(2)6-10-21/h3-10,14,16,22,26H,11-13,15,17H2,1-2H3. The second kappa shape index (κ2) is 8.55. The van der Waals surface area contributed by atoms with Crippen molar-refractivity contribution < 1.29 is 9.59 Å². The van der Waals surface area contributed by atoms with Crippen LogP contribution in [0.5, 0.6) is 0 Å². The Bertz CT molecular complexity index is 1130. The molecule has 2 aromatic carbocycles. The summed E-state index contributed by atoms with van der Waals surface area (Å²) in [6.45, 7) is 4.91. The van der Waals surface area contributed by atoms with Crippen molar-refractivity contribution in [1.82, 2.24) is 9.80 Å². The van der Waals surface area contributed by atoms with Crippen molar-refractivity contribution in [1.29, 1.82) is 0 Å². The number of hydrogen-bond acceptors (Lipinski definition) is 3. The molecule has 1 fully saturated rings. The molecule has 2 heterocycles. The quantitative estimate of drug-likeness (QED) is 0.546. The highest BCUT2D eigenvalue weighted by Crippen LogP contribution is 2.38. The number of nitrogens with zero attached hydrogens (tertiary/aromatic N) is 2. The summed E-state index contributed by atoms with van der Waals surface area (Å²) in [4.78, 5) is 32.0. The first-order valence-electron chi connectivity index (χ1n) is 11.3. The molecule has 0 spiro atoms. The number of rotatable bonds is 5. The third-order valence-corrected chi connectivity index (χ3v) is 7.53. The highest BCUT2D eigenvalue weighted by Gasteiger charge is 2.38. The fourth-order valence-corrected chi connectivity index (χ4v) is 5.45. The number of benzene rings is 2. The normalized spacial score (nSPS) is 17.7. The first kappa shape index (κ1) is 21.0. The van der Waals surface area contributed by atoms with Gasteiger partial charge in [0.2, 0.25) is 5.91 Å². The predicted molar refractivity (Wildman–Crippen MR) is 128 cm³/mol. The summed E-state index contributed by atoms with van der Waals surface area (Å²) in [5.41, 5.74) is 5.34. The van der Waals surface area contributed by atoms with Gasteiger partial charge in [0.15, 0.2) is 0 Å². The van der Waals surface area contributed by atoms with Crippen molar-refractivity contribution in [2.45, 2.75) is 45.2 Å². The smallest absolute Gasteiger partial charge is 0.254 e. The Morgan fingerprint density at radius 3 is 2.28 bits per heavy atom. The van der Waals surface area contributed by atoms with E-state index in [9.17, 15) is 9.59 Å². The maximum Gasteiger partial charge on any atom is 0.254 e. The van der Waals surface area contributed by atoms with Crippen LogP contribution < -0.4 is 0 Å². The zero-order chi connectivity index (χ0) is 22.2. The molecular weight excluding hydrogens is 416 g/mol. The van der Waals surface area contributed by atoms with Crippen LogP contribution in [0.25, 0.3) is 0 Å². The van der Waals surface area contributed by atoms with Gasteiger partial charge in [0.05, 0.1) is 6.04 Å². The summed E-state index contributed by atoms with van der Waals surface area (Å²) < 4.78 is 0. The number of hydrogen-bond donors (Lipinski definition) is 0. The van der Waals surface area contributed by atoms with Gasteiger partial charge in [0, 0.05) is 23.0 Å². The molecule has 1 aliphatic heterocycles. The molecule has 0 N–H and O–H groups in total. The van der Waals surface area contributed by atoms with Gasteiger partial charge in [-0.05, 0) is 67.8 Å². The Kier molecular flexibility index (Phi) is 5.60. The number of carbonyl (C=O) groups excluding carboxylic acids is 2. The van der Waals surface area contributed by atoms with Crippen molar-refractivity contribution in [3.05, 3.63) is 92.7 Å². The number of aryl methyl sites for hydroxylation is 2. The predicted octanol–water partition coefficient (Wildman–Crippen LogP) is 5.14. The van der Waals surface area contributed by atoms with Gasteiger partial charge in [0.25, 0.3) is 5.91 Å². The van der Waals surface area contributed by atoms with E-state index >= 15 is 0 Å². The molecule has 5 heteroatoms. The number of carbonyl (C=O) groups is 2. The molecule has 164 valence electrons. The molecular formula is C27H28N2O2S. The van der Waals surface area contributed by atoms with Crippen LogP contribution in [0.3, 0.4) is 0 Å². The highest BCUT2D eigenvalue weighted by atomic mass is 32.1. The van der Waals surface area contributed by atoms with E-state index in [4.69, 9.17) is 0 Å². The van der Waals surface area contributed by atoms with Gasteiger partial charge in [-0.15, -0.1) is 11.3 Å². The van der Waals surface area contributed by atoms with E-state index in [1.165, 1.54) is 16.0 Å². The first-order chi connectivity index (χ1) is 15.5. The zero-order valence-corrected chi connectivity index (χ0v) is 19.4. The molecule has 2 amide bonds. The monoisotopic (exact) mass is 444 g/mol. The molecule has 1 unspecified atom stereocenters. The fourth-order valence-electron chi connectivity index (χ4n) is 4.54. The minimum absolute atomic E-state index is 0.0276. The molecule has 3 aromatic rings. The lowest BCUT2D eigenvalue weighted by Gasteiger charge is -2.37. The van der Waals surface area contributed by atoms with Gasteiger partial charge in [0.1, 0.15) is 6.54 Å². The van der Waals surface area contributed by atoms with Crippen LogP contribution in [0.2, 0.25) is 0 Å². The lowest BCUT2D eigenvalue weighted by atomic mass is 9.92. The largest absolute Gasteiger partial charge is 0.330 e. The molecule has 0 bridgehead atoms. The van der Waals surface area contributed by atoms with Crippen LogP contribution in [-0.4, -0.2) is 40.7 Å². The SMILES string of the molecule is Cc1ccc(C(=O)N(CC(=O)N2CCc3sccc3C2c2ccc(C)cc2)C2CC2)cc1. The maximum absolute atomic E-state index is 13.6. The van der Waals surface area contributed by atoms with E-state index in [2.05, 4.69) is 42.6 Å². The van der Waals surface area contributed by atoms with Crippen LogP contribution in [0, 0.1) is 13.8 Å². The Balaban J connectivity index is 1.42. The molecule has 32 heavy (non-hydrogen) atoms. The summed E-state index contributed by atoms with van der Waals surface area (Å²) in [7, 11) is 0. The Labute approximate surface area is 193 Å². The number of fused-ring (bicyclic) bond motifs is 1. The fraction of sp³-hybridized carbons (Fsp3) is 0.333. The molecule has 2 aliphatic rings. The van der Waals surface area contributed by atoms with E-state index < -0.39 is 0 Å². The molecule has 1 saturated carbocycles. The summed E-state index contributed by atoms with van der Waals surface area (Å²) in [6, 6.07) is 18.3. The Morgan fingerprint density at radius 2 is 1.62 bits per heavy atom. The molecule has 0 saturated heterocycles. The van der Waals surface area contributed by atoms with Crippen molar-refractivity contribution in [2.24, 2.45) is 0 Å². The van der Waals surface area contributed by atoms with Crippen molar-refractivity contribution in [3.8, 4) is 0 Å². The van der Waals surface area contributed by atoms with Crippen LogP contribution >= 0.6 is 11.3 Å². The molecule has 1 aliphatic carbocycles. The average molecular weight is 445 g/mol. The summed E-state index contributed by atoms with van der Waals surface area (Å²) in [6.07, 6.45) is 2.82. The molecule has 1 aromatic heterocycles. The minimum Gasteiger partial charge on any atom is -0.330 e. The lowest BCUT2D eigenvalue weighted by molar-refractivity contribution is -0.134. The van der Waals surface area contributed by atoms with Gasteiger partial charge in [-0.1, -0.05) is 47.5 Å². The van der Waals surface area contributed by atoms with Crippen LogP contribution in [-0.2, 0) is 11.2 Å². The van der Waals surface area contributed by atoms with Gasteiger partial charge >= 0.3 is 0 Å². The van der Waals surface area contributed by atoms with E-state index in [0.29, 0.717) is 12.1 Å². The van der Waals surface area contributed by atoms with Crippen LogP contribution in [0.4, 0.5) is 0 Å². The molecule has 5 rings (SSSR count). The average Bonchev–Trinajstić information content (AvgIpc) is 3.53. The summed E-state index contributed by atoms with van der Waals surface area (Å²) in [5.74, 6) is -0.0132. The molecule has 0 radical (unpaired) electrons. The van der Waals surface area contributed by atoms with Gasteiger partial charge in [-0.2, -0.15) is 0 Å². The van der Waals surface area contributed by atoms with E-state index in [1.807, 2.05) is 36.1 Å². The van der Waals surface area contributed by atoms with Crippen LogP contribution in [0.15, 0.2) is 60.0 Å². The topological polar surface area (TPSA) is 40.6 Å². The lowest BCUT2D eigenvalue weighted by Crippen LogP contribution is -2.47. The van der Waals surface area contributed by atoms with Gasteiger partial charge < -0.3 is 9.80 Å². The van der Waals surface area contributed by atoms with Crippen molar-refractivity contribution >= 4 is 23.2 Å². The Hall–Kier alpha value is -2.92. The maximum atomic E-state index is 13.6.